The van der Waals surface area contributed by atoms with E-state index in [2.05, 4.69) is 48.3 Å². The largest absolute Gasteiger partial charge is 0.372 e. The molecule has 0 saturated heterocycles. The lowest BCUT2D eigenvalue weighted by Gasteiger charge is -2.21. The third-order valence-electron chi connectivity index (χ3n) is 3.98. The summed E-state index contributed by atoms with van der Waals surface area (Å²) in [6, 6.07) is 14.4. The maximum absolute atomic E-state index is 6.18. The van der Waals surface area contributed by atoms with Gasteiger partial charge in [0.25, 0.3) is 0 Å². The van der Waals surface area contributed by atoms with Crippen molar-refractivity contribution >= 4 is 28.9 Å². The first-order valence-corrected chi connectivity index (χ1v) is 8.88. The van der Waals surface area contributed by atoms with E-state index in [1.54, 1.807) is 6.07 Å². The van der Waals surface area contributed by atoms with Gasteiger partial charge in [0.1, 0.15) is 0 Å². The van der Waals surface area contributed by atoms with Crippen LogP contribution >= 0.6 is 23.2 Å². The summed E-state index contributed by atoms with van der Waals surface area (Å²) >= 11 is 12.1. The molecule has 0 heterocycles. The van der Waals surface area contributed by atoms with Crippen molar-refractivity contribution in [3.63, 3.8) is 0 Å². The Morgan fingerprint density at radius 3 is 2.26 bits per heavy atom. The second-order valence-electron chi connectivity index (χ2n) is 5.50. The van der Waals surface area contributed by atoms with Crippen LogP contribution in [-0.4, -0.2) is 19.6 Å². The predicted octanol–water partition coefficient (Wildman–Crippen LogP) is 5.17. The summed E-state index contributed by atoms with van der Waals surface area (Å²) < 4.78 is 0. The Balaban J connectivity index is 1.80. The molecule has 0 spiro atoms. The van der Waals surface area contributed by atoms with E-state index in [-0.39, 0.29) is 0 Å². The Kier molecular flexibility index (Phi) is 7.22. The lowest BCUT2D eigenvalue weighted by Crippen LogP contribution is -2.21. The van der Waals surface area contributed by atoms with Gasteiger partial charge in [-0.3, -0.25) is 0 Å². The normalized spacial score (nSPS) is 10.8. The highest BCUT2D eigenvalue weighted by atomic mass is 35.5. The molecule has 2 aromatic carbocycles. The molecule has 2 aromatic rings. The molecule has 0 saturated carbocycles. The van der Waals surface area contributed by atoms with Gasteiger partial charge in [0.2, 0.25) is 0 Å². The van der Waals surface area contributed by atoms with Gasteiger partial charge in [-0.15, -0.1) is 0 Å². The molecule has 0 aliphatic carbocycles. The predicted molar refractivity (Wildman–Crippen MR) is 102 cm³/mol. The summed E-state index contributed by atoms with van der Waals surface area (Å²) in [6.07, 6.45) is 0.896. The maximum Gasteiger partial charge on any atom is 0.0453 e. The topological polar surface area (TPSA) is 15.3 Å². The maximum atomic E-state index is 6.18. The number of benzene rings is 2. The van der Waals surface area contributed by atoms with Crippen LogP contribution < -0.4 is 10.2 Å². The molecule has 2 rings (SSSR count). The minimum Gasteiger partial charge on any atom is -0.372 e. The molecule has 0 unspecified atom stereocenters. The highest BCUT2D eigenvalue weighted by Crippen LogP contribution is 2.21. The fourth-order valence-corrected chi connectivity index (χ4v) is 3.10. The quantitative estimate of drug-likeness (QED) is 0.660. The van der Waals surface area contributed by atoms with Gasteiger partial charge in [0, 0.05) is 35.4 Å². The first-order valence-electron chi connectivity index (χ1n) is 8.12. The zero-order valence-corrected chi connectivity index (χ0v) is 15.3. The highest BCUT2D eigenvalue weighted by Gasteiger charge is 2.03. The first-order chi connectivity index (χ1) is 11.1. The molecule has 0 aliphatic heterocycles. The van der Waals surface area contributed by atoms with Crippen LogP contribution in [0.2, 0.25) is 10.0 Å². The lowest BCUT2D eigenvalue weighted by atomic mass is 10.1. The molecule has 124 valence electrons. The van der Waals surface area contributed by atoms with Gasteiger partial charge >= 0.3 is 0 Å². The smallest absolute Gasteiger partial charge is 0.0453 e. The van der Waals surface area contributed by atoms with Crippen molar-refractivity contribution in [2.45, 2.75) is 26.8 Å². The molecule has 0 radical (unpaired) electrons. The Hall–Kier alpha value is -1.22. The van der Waals surface area contributed by atoms with Crippen LogP contribution in [0.3, 0.4) is 0 Å². The molecule has 1 N–H and O–H groups in total. The van der Waals surface area contributed by atoms with Crippen molar-refractivity contribution in [1.82, 2.24) is 5.32 Å². The first kappa shape index (κ1) is 18.1. The average molecular weight is 351 g/mol. The van der Waals surface area contributed by atoms with Crippen LogP contribution in [0.15, 0.2) is 42.5 Å². The van der Waals surface area contributed by atoms with Crippen molar-refractivity contribution in [3.05, 3.63) is 63.6 Å². The monoisotopic (exact) mass is 350 g/mol. The molecule has 0 fully saturated rings. The van der Waals surface area contributed by atoms with Gasteiger partial charge in [0.15, 0.2) is 0 Å². The van der Waals surface area contributed by atoms with Crippen LogP contribution in [0.4, 0.5) is 5.69 Å². The zero-order valence-electron chi connectivity index (χ0n) is 13.8. The van der Waals surface area contributed by atoms with Crippen molar-refractivity contribution < 1.29 is 0 Å². The van der Waals surface area contributed by atoms with Crippen LogP contribution in [0, 0.1) is 0 Å². The summed E-state index contributed by atoms with van der Waals surface area (Å²) in [5.41, 5.74) is 3.70. The molecule has 0 atom stereocenters. The van der Waals surface area contributed by atoms with Crippen molar-refractivity contribution in [1.29, 1.82) is 0 Å². The lowest BCUT2D eigenvalue weighted by molar-refractivity contribution is 0.687. The molecule has 0 aromatic heterocycles. The Labute approximate surface area is 149 Å². The highest BCUT2D eigenvalue weighted by molar-refractivity contribution is 6.35. The van der Waals surface area contributed by atoms with E-state index in [1.165, 1.54) is 11.3 Å². The number of anilines is 1. The summed E-state index contributed by atoms with van der Waals surface area (Å²) in [7, 11) is 0. The van der Waals surface area contributed by atoms with Crippen molar-refractivity contribution in [3.8, 4) is 0 Å². The Morgan fingerprint density at radius 1 is 0.957 bits per heavy atom. The van der Waals surface area contributed by atoms with Crippen molar-refractivity contribution in [2.75, 3.05) is 24.5 Å². The fourth-order valence-electron chi connectivity index (χ4n) is 2.59. The summed E-state index contributed by atoms with van der Waals surface area (Å²) in [4.78, 5) is 2.35. The number of nitrogens with one attached hydrogen (secondary N) is 1. The molecular weight excluding hydrogens is 327 g/mol. The van der Waals surface area contributed by atoms with E-state index in [9.17, 15) is 0 Å². The Morgan fingerprint density at radius 2 is 1.65 bits per heavy atom. The molecule has 2 nitrogen and oxygen atoms in total. The van der Waals surface area contributed by atoms with Gasteiger partial charge < -0.3 is 10.2 Å². The van der Waals surface area contributed by atoms with E-state index in [0.29, 0.717) is 5.02 Å². The van der Waals surface area contributed by atoms with Crippen molar-refractivity contribution in [2.24, 2.45) is 0 Å². The van der Waals surface area contributed by atoms with Crippen LogP contribution in [0.25, 0.3) is 0 Å². The number of nitrogens with zero attached hydrogens (tertiary/aromatic N) is 1. The molecular formula is C19H24Cl2N2. The van der Waals surface area contributed by atoms with Gasteiger partial charge in [0.05, 0.1) is 0 Å². The minimum absolute atomic E-state index is 0.681. The number of hydrogen-bond acceptors (Lipinski definition) is 2. The van der Waals surface area contributed by atoms with E-state index < -0.39 is 0 Å². The number of halogens is 2. The van der Waals surface area contributed by atoms with E-state index in [4.69, 9.17) is 23.2 Å². The third kappa shape index (κ3) is 5.42. The van der Waals surface area contributed by atoms with E-state index in [1.807, 2.05) is 12.1 Å². The van der Waals surface area contributed by atoms with E-state index >= 15 is 0 Å². The Bertz CT molecular complexity index is 607. The standard InChI is InChI=1S/C19H24Cl2N2/c1-3-23(4-2)18-9-5-15(6-10-18)14-22-12-11-16-7-8-17(20)13-19(16)21/h5-10,13,22H,3-4,11-12,14H2,1-2H3. The summed E-state index contributed by atoms with van der Waals surface area (Å²) in [5, 5.41) is 4.88. The molecule has 0 amide bonds. The SMILES string of the molecule is CCN(CC)c1ccc(CNCCc2ccc(Cl)cc2Cl)cc1. The van der Waals surface area contributed by atoms with Gasteiger partial charge in [-0.25, -0.2) is 0 Å². The molecule has 0 aliphatic rings. The summed E-state index contributed by atoms with van der Waals surface area (Å²) in [5.74, 6) is 0. The van der Waals surface area contributed by atoms with Crippen LogP contribution in [0.1, 0.15) is 25.0 Å². The minimum atomic E-state index is 0.681. The van der Waals surface area contributed by atoms with Crippen LogP contribution in [0.5, 0.6) is 0 Å². The van der Waals surface area contributed by atoms with E-state index in [0.717, 1.165) is 43.2 Å². The fraction of sp³-hybridized carbons (Fsp3) is 0.368. The average Bonchev–Trinajstić information content (AvgIpc) is 2.55. The van der Waals surface area contributed by atoms with Gasteiger partial charge in [-0.05, 0) is 62.2 Å². The number of hydrogen-bond donors (Lipinski definition) is 1. The van der Waals surface area contributed by atoms with Crippen LogP contribution in [-0.2, 0) is 13.0 Å². The number of rotatable bonds is 8. The molecule has 4 heteroatoms. The molecule has 0 bridgehead atoms. The van der Waals surface area contributed by atoms with Gasteiger partial charge in [-0.1, -0.05) is 41.4 Å². The zero-order chi connectivity index (χ0) is 16.7. The van der Waals surface area contributed by atoms with Gasteiger partial charge in [-0.2, -0.15) is 0 Å². The second-order valence-corrected chi connectivity index (χ2v) is 6.34. The second kappa shape index (κ2) is 9.17. The molecule has 23 heavy (non-hydrogen) atoms. The summed E-state index contributed by atoms with van der Waals surface area (Å²) in [6.45, 7) is 8.19. The third-order valence-corrected chi connectivity index (χ3v) is 4.57.